The zero-order chi connectivity index (χ0) is 21.5. The van der Waals surface area contributed by atoms with E-state index in [1.165, 1.54) is 23.5 Å². The average molecular weight is 428 g/mol. The molecule has 0 saturated carbocycles. The maximum absolute atomic E-state index is 13.4. The molecular weight excluding hydrogens is 407 g/mol. The largest absolute Gasteiger partial charge is 0.486 e. The number of nitrogens with zero attached hydrogens (tertiary/aromatic N) is 2. The molecule has 0 fully saturated rings. The molecule has 0 bridgehead atoms. The summed E-state index contributed by atoms with van der Waals surface area (Å²) in [6.07, 6.45) is 1.63. The summed E-state index contributed by atoms with van der Waals surface area (Å²) < 4.78 is 19.5. The molecule has 6 nitrogen and oxygen atoms in total. The van der Waals surface area contributed by atoms with Crippen LogP contribution in [0.4, 0.5) is 4.39 Å². The molecule has 0 radical (unpaired) electrons. The highest BCUT2D eigenvalue weighted by atomic mass is 32.1. The second-order valence-corrected chi connectivity index (χ2v) is 7.67. The molecule has 1 atom stereocenters. The second-order valence-electron chi connectivity index (χ2n) is 6.77. The summed E-state index contributed by atoms with van der Waals surface area (Å²) in [6.45, 7) is 0.375. The number of rotatable bonds is 10. The minimum absolute atomic E-state index is 0.0893. The van der Waals surface area contributed by atoms with Gasteiger partial charge in [-0.05, 0) is 36.9 Å². The van der Waals surface area contributed by atoms with Gasteiger partial charge in [0.15, 0.2) is 5.01 Å². The number of hydrogen-bond donors (Lipinski definition) is 1. The molecule has 0 aliphatic carbocycles. The fourth-order valence-corrected chi connectivity index (χ4v) is 3.55. The number of carbonyl (C=O) groups excluding carboxylic acids is 1. The zero-order valence-electron chi connectivity index (χ0n) is 16.3. The molecule has 0 spiro atoms. The Labute approximate surface area is 177 Å². The first-order valence-corrected chi connectivity index (χ1v) is 10.2. The predicted molar refractivity (Wildman–Crippen MR) is 112 cm³/mol. The molecule has 0 amide bonds. The fourth-order valence-electron chi connectivity index (χ4n) is 2.95. The number of ketones is 1. The monoisotopic (exact) mass is 428 g/mol. The topological polar surface area (TPSA) is 79.7 Å². The summed E-state index contributed by atoms with van der Waals surface area (Å²) in [7, 11) is 1.71. The van der Waals surface area contributed by atoms with Crippen molar-refractivity contribution >= 4 is 23.1 Å². The third-order valence-corrected chi connectivity index (χ3v) is 5.19. The summed E-state index contributed by atoms with van der Waals surface area (Å²) in [6, 6.07) is 12.8. The number of likely N-dealkylation sites (N-methyl/N-ethyl adjacent to an activating group) is 1. The van der Waals surface area contributed by atoms with E-state index in [0.717, 1.165) is 5.56 Å². The molecule has 1 aromatic heterocycles. The van der Waals surface area contributed by atoms with E-state index in [-0.39, 0.29) is 18.1 Å². The number of aliphatic carboxylic acids is 1. The number of halogens is 1. The van der Waals surface area contributed by atoms with Crippen molar-refractivity contribution in [1.82, 2.24) is 9.88 Å². The van der Waals surface area contributed by atoms with Gasteiger partial charge < -0.3 is 9.84 Å². The lowest BCUT2D eigenvalue weighted by Crippen LogP contribution is -2.28. The van der Waals surface area contributed by atoms with Crippen molar-refractivity contribution in [2.45, 2.75) is 12.5 Å². The molecule has 2 aromatic carbocycles. The number of ether oxygens (including phenoxy) is 1. The Kier molecular flexibility index (Phi) is 7.26. The van der Waals surface area contributed by atoms with Gasteiger partial charge in [-0.1, -0.05) is 24.3 Å². The van der Waals surface area contributed by atoms with Gasteiger partial charge in [0.1, 0.15) is 17.7 Å². The third kappa shape index (κ3) is 5.95. The summed E-state index contributed by atoms with van der Waals surface area (Å²) >= 11 is 1.27. The van der Waals surface area contributed by atoms with Crippen LogP contribution in [0.1, 0.15) is 33.5 Å². The van der Waals surface area contributed by atoms with E-state index in [1.807, 2.05) is 0 Å². The first-order chi connectivity index (χ1) is 14.4. The van der Waals surface area contributed by atoms with Gasteiger partial charge in [0.2, 0.25) is 5.78 Å². The Morgan fingerprint density at radius 2 is 2.00 bits per heavy atom. The lowest BCUT2D eigenvalue weighted by molar-refractivity contribution is -0.138. The summed E-state index contributed by atoms with van der Waals surface area (Å²) in [5, 5.41) is 11.1. The molecule has 0 saturated heterocycles. The maximum atomic E-state index is 13.4. The van der Waals surface area contributed by atoms with Gasteiger partial charge in [0, 0.05) is 30.1 Å². The minimum Gasteiger partial charge on any atom is -0.486 e. The van der Waals surface area contributed by atoms with Gasteiger partial charge in [-0.25, -0.2) is 9.37 Å². The van der Waals surface area contributed by atoms with Crippen LogP contribution < -0.4 is 4.74 Å². The molecule has 3 rings (SSSR count). The van der Waals surface area contributed by atoms with Crippen molar-refractivity contribution in [2.75, 3.05) is 20.1 Å². The first kappa shape index (κ1) is 21.6. The van der Waals surface area contributed by atoms with Gasteiger partial charge >= 0.3 is 5.97 Å². The Hall–Kier alpha value is -3.10. The normalized spacial score (nSPS) is 12.0. The van der Waals surface area contributed by atoms with Crippen molar-refractivity contribution in [3.63, 3.8) is 0 Å². The first-order valence-electron chi connectivity index (χ1n) is 9.29. The minimum atomic E-state index is -0.912. The van der Waals surface area contributed by atoms with Crippen molar-refractivity contribution < 1.29 is 23.8 Å². The molecule has 1 N–H and O–H groups in total. The number of benzene rings is 2. The van der Waals surface area contributed by atoms with Crippen LogP contribution in [-0.4, -0.2) is 46.9 Å². The molecule has 156 valence electrons. The number of carboxylic acid groups (broad SMARTS) is 1. The van der Waals surface area contributed by atoms with Crippen LogP contribution >= 0.6 is 11.3 Å². The summed E-state index contributed by atoms with van der Waals surface area (Å²) in [5.41, 5.74) is 1.22. The quantitative estimate of drug-likeness (QED) is 0.491. The SMILES string of the molecule is CN(CCC(Oc1cccc(C(=O)c2nccs2)c1)c1ccc(F)cc1)CC(=O)O. The maximum Gasteiger partial charge on any atom is 0.317 e. The van der Waals surface area contributed by atoms with Crippen LogP contribution in [0.25, 0.3) is 0 Å². The van der Waals surface area contributed by atoms with E-state index in [2.05, 4.69) is 4.98 Å². The Morgan fingerprint density at radius 3 is 2.67 bits per heavy atom. The van der Waals surface area contributed by atoms with Crippen LogP contribution in [0, 0.1) is 5.82 Å². The van der Waals surface area contributed by atoms with Gasteiger partial charge in [0.25, 0.3) is 0 Å². The molecule has 3 aromatic rings. The average Bonchev–Trinajstić information content (AvgIpc) is 3.26. The Bertz CT molecular complexity index is 993. The van der Waals surface area contributed by atoms with Gasteiger partial charge in [-0.15, -0.1) is 11.3 Å². The number of carboxylic acids is 1. The van der Waals surface area contributed by atoms with Crippen LogP contribution in [-0.2, 0) is 4.79 Å². The lowest BCUT2D eigenvalue weighted by Gasteiger charge is -2.23. The molecular formula is C22H21FN2O4S. The Balaban J connectivity index is 1.78. The summed E-state index contributed by atoms with van der Waals surface area (Å²) in [5.74, 6) is -0.954. The third-order valence-electron chi connectivity index (χ3n) is 4.42. The van der Waals surface area contributed by atoms with E-state index in [4.69, 9.17) is 9.84 Å². The summed E-state index contributed by atoms with van der Waals surface area (Å²) in [4.78, 5) is 29.2. The second kappa shape index (κ2) is 10.1. The van der Waals surface area contributed by atoms with Crippen molar-refractivity contribution in [3.05, 3.63) is 82.1 Å². The highest BCUT2D eigenvalue weighted by Gasteiger charge is 2.18. The van der Waals surface area contributed by atoms with Crippen LogP contribution in [0.3, 0.4) is 0 Å². The molecule has 30 heavy (non-hydrogen) atoms. The lowest BCUT2D eigenvalue weighted by atomic mass is 10.1. The number of carbonyl (C=O) groups is 2. The van der Waals surface area contributed by atoms with E-state index < -0.39 is 12.1 Å². The highest BCUT2D eigenvalue weighted by molar-refractivity contribution is 7.11. The molecule has 1 unspecified atom stereocenters. The standard InChI is InChI=1S/C22H21FN2O4S/c1-25(14-20(26)27)11-9-19(15-5-7-17(23)8-6-15)29-18-4-2-3-16(13-18)21(28)22-24-10-12-30-22/h2-8,10,12-13,19H,9,11,14H2,1H3,(H,26,27). The van der Waals surface area contributed by atoms with Crippen LogP contribution in [0.5, 0.6) is 5.75 Å². The van der Waals surface area contributed by atoms with Crippen LogP contribution in [0.2, 0.25) is 0 Å². The van der Waals surface area contributed by atoms with Crippen LogP contribution in [0.15, 0.2) is 60.1 Å². The van der Waals surface area contributed by atoms with Gasteiger partial charge in [0.05, 0.1) is 6.54 Å². The fraction of sp³-hybridized carbons (Fsp3) is 0.227. The van der Waals surface area contributed by atoms with Crippen molar-refractivity contribution in [1.29, 1.82) is 0 Å². The van der Waals surface area contributed by atoms with E-state index in [1.54, 1.807) is 59.9 Å². The van der Waals surface area contributed by atoms with E-state index in [9.17, 15) is 14.0 Å². The Morgan fingerprint density at radius 1 is 1.23 bits per heavy atom. The molecule has 0 aliphatic rings. The number of hydrogen-bond acceptors (Lipinski definition) is 6. The highest BCUT2D eigenvalue weighted by Crippen LogP contribution is 2.27. The van der Waals surface area contributed by atoms with Crippen molar-refractivity contribution in [2.24, 2.45) is 0 Å². The van der Waals surface area contributed by atoms with E-state index >= 15 is 0 Å². The van der Waals surface area contributed by atoms with Crippen molar-refractivity contribution in [3.8, 4) is 5.75 Å². The van der Waals surface area contributed by atoms with E-state index in [0.29, 0.717) is 29.3 Å². The predicted octanol–water partition coefficient (Wildman–Crippen LogP) is 4.04. The van der Waals surface area contributed by atoms with Gasteiger partial charge in [-0.3, -0.25) is 14.5 Å². The smallest absolute Gasteiger partial charge is 0.317 e. The van der Waals surface area contributed by atoms with Gasteiger partial charge in [-0.2, -0.15) is 0 Å². The molecule has 8 heteroatoms. The number of aromatic nitrogens is 1. The zero-order valence-corrected chi connectivity index (χ0v) is 17.1. The molecule has 1 heterocycles. The molecule has 0 aliphatic heterocycles. The number of thiazole rings is 1.